The van der Waals surface area contributed by atoms with Gasteiger partial charge in [0.05, 0.1) is 0 Å². The Kier molecular flexibility index (Phi) is 5.15. The van der Waals surface area contributed by atoms with Crippen molar-refractivity contribution in [2.24, 2.45) is 16.3 Å². The molecular formula is C17H31N3S. The molecule has 1 aliphatic carbocycles. The third-order valence-corrected chi connectivity index (χ3v) is 6.88. The predicted octanol–water partition coefficient (Wildman–Crippen LogP) is 3.36. The van der Waals surface area contributed by atoms with Crippen molar-refractivity contribution in [3.63, 3.8) is 0 Å². The molecule has 3 nitrogen and oxygen atoms in total. The van der Waals surface area contributed by atoms with Crippen LogP contribution in [-0.4, -0.2) is 48.0 Å². The summed E-state index contributed by atoms with van der Waals surface area (Å²) in [5.41, 5.74) is 0.551. The summed E-state index contributed by atoms with van der Waals surface area (Å²) in [6.45, 7) is 9.33. The average Bonchev–Trinajstić information content (AvgIpc) is 2.97. The van der Waals surface area contributed by atoms with Crippen LogP contribution in [0.2, 0.25) is 0 Å². The molecule has 1 N–H and O–H groups in total. The summed E-state index contributed by atoms with van der Waals surface area (Å²) in [6.07, 6.45) is 8.44. The molecule has 4 heteroatoms. The highest BCUT2D eigenvalue weighted by Gasteiger charge is 2.35. The number of hydrogen-bond donors (Lipinski definition) is 1. The van der Waals surface area contributed by atoms with Crippen molar-refractivity contribution >= 4 is 16.9 Å². The summed E-state index contributed by atoms with van der Waals surface area (Å²) < 4.78 is 0. The Morgan fingerprint density at radius 2 is 2.14 bits per heavy atom. The van der Waals surface area contributed by atoms with Gasteiger partial charge in [0.1, 0.15) is 0 Å². The minimum atomic E-state index is 0.551. The van der Waals surface area contributed by atoms with Gasteiger partial charge in [-0.3, -0.25) is 4.99 Å². The topological polar surface area (TPSA) is 27.6 Å². The lowest BCUT2D eigenvalue weighted by Gasteiger charge is -2.38. The number of nitrogens with zero attached hydrogens (tertiary/aromatic N) is 2. The molecule has 3 rings (SSSR count). The van der Waals surface area contributed by atoms with E-state index in [0.717, 1.165) is 19.0 Å². The largest absolute Gasteiger partial charge is 0.365 e. The van der Waals surface area contributed by atoms with Crippen molar-refractivity contribution in [3.8, 4) is 0 Å². The second kappa shape index (κ2) is 6.91. The zero-order valence-electron chi connectivity index (χ0n) is 13.7. The fourth-order valence-corrected chi connectivity index (χ4v) is 5.16. The molecule has 0 aromatic heterocycles. The molecule has 1 saturated heterocycles. The molecule has 1 saturated carbocycles. The van der Waals surface area contributed by atoms with Gasteiger partial charge in [0.15, 0.2) is 5.17 Å². The van der Waals surface area contributed by atoms with Crippen molar-refractivity contribution in [2.75, 3.05) is 31.9 Å². The lowest BCUT2D eigenvalue weighted by atomic mass is 9.75. The summed E-state index contributed by atoms with van der Waals surface area (Å²) in [5.74, 6) is 2.10. The van der Waals surface area contributed by atoms with Crippen LogP contribution in [0.15, 0.2) is 4.99 Å². The van der Waals surface area contributed by atoms with Crippen LogP contribution >= 0.6 is 11.8 Å². The standard InChI is InChI=1S/C17H31N3S/c1-14(2)20-9-6-15(11-20)10-18-16-19-12-17(13-21-16)7-4-3-5-8-17/h14-15H,3-13H2,1-2H3,(H,18,19). The summed E-state index contributed by atoms with van der Waals surface area (Å²) in [7, 11) is 0. The molecule has 2 fully saturated rings. The Balaban J connectivity index is 1.43. The fourth-order valence-electron chi connectivity index (χ4n) is 3.99. The van der Waals surface area contributed by atoms with Crippen LogP contribution in [0, 0.1) is 11.3 Å². The van der Waals surface area contributed by atoms with Gasteiger partial charge in [0.25, 0.3) is 0 Å². The zero-order chi connectivity index (χ0) is 14.7. The number of likely N-dealkylation sites (tertiary alicyclic amines) is 1. The van der Waals surface area contributed by atoms with E-state index in [2.05, 4.69) is 24.1 Å². The molecule has 1 unspecified atom stereocenters. The van der Waals surface area contributed by atoms with Gasteiger partial charge in [-0.05, 0) is 51.0 Å². The molecule has 0 aromatic carbocycles. The second-order valence-electron chi connectivity index (χ2n) is 7.60. The molecule has 1 spiro atoms. The van der Waals surface area contributed by atoms with Crippen LogP contribution in [0.4, 0.5) is 0 Å². The van der Waals surface area contributed by atoms with E-state index in [1.54, 1.807) is 0 Å². The molecule has 2 aliphatic heterocycles. The van der Waals surface area contributed by atoms with Crippen LogP contribution < -0.4 is 5.32 Å². The van der Waals surface area contributed by atoms with Gasteiger partial charge in [-0.2, -0.15) is 0 Å². The van der Waals surface area contributed by atoms with Gasteiger partial charge >= 0.3 is 0 Å². The highest BCUT2D eigenvalue weighted by atomic mass is 32.2. The van der Waals surface area contributed by atoms with E-state index >= 15 is 0 Å². The Hall–Kier alpha value is -0.220. The fraction of sp³-hybridized carbons (Fsp3) is 0.941. The highest BCUT2D eigenvalue weighted by molar-refractivity contribution is 8.13. The van der Waals surface area contributed by atoms with E-state index in [-0.39, 0.29) is 0 Å². The predicted molar refractivity (Wildman–Crippen MR) is 93.1 cm³/mol. The Labute approximate surface area is 134 Å². The minimum absolute atomic E-state index is 0.551. The van der Waals surface area contributed by atoms with Gasteiger partial charge in [-0.1, -0.05) is 31.0 Å². The average molecular weight is 310 g/mol. The first-order valence-electron chi connectivity index (χ1n) is 8.82. The maximum Gasteiger partial charge on any atom is 0.156 e. The first kappa shape index (κ1) is 15.7. The van der Waals surface area contributed by atoms with E-state index in [9.17, 15) is 0 Å². The van der Waals surface area contributed by atoms with Gasteiger partial charge in [0.2, 0.25) is 0 Å². The van der Waals surface area contributed by atoms with Gasteiger partial charge in [0, 0.05) is 31.4 Å². The van der Waals surface area contributed by atoms with Crippen molar-refractivity contribution in [2.45, 2.75) is 58.4 Å². The van der Waals surface area contributed by atoms with Gasteiger partial charge in [-0.25, -0.2) is 0 Å². The molecule has 120 valence electrons. The summed E-state index contributed by atoms with van der Waals surface area (Å²) in [5, 5.41) is 4.85. The van der Waals surface area contributed by atoms with Crippen LogP contribution in [-0.2, 0) is 0 Å². The molecule has 21 heavy (non-hydrogen) atoms. The summed E-state index contributed by atoms with van der Waals surface area (Å²) in [6, 6.07) is 0.697. The molecule has 0 radical (unpaired) electrons. The van der Waals surface area contributed by atoms with Crippen molar-refractivity contribution in [1.82, 2.24) is 10.2 Å². The summed E-state index contributed by atoms with van der Waals surface area (Å²) in [4.78, 5) is 7.47. The highest BCUT2D eigenvalue weighted by Crippen LogP contribution is 2.41. The number of amidine groups is 1. The van der Waals surface area contributed by atoms with Gasteiger partial charge in [-0.15, -0.1) is 0 Å². The quantitative estimate of drug-likeness (QED) is 0.866. The number of nitrogens with one attached hydrogen (secondary N) is 1. The normalized spacial score (nSPS) is 29.9. The molecule has 2 heterocycles. The zero-order valence-corrected chi connectivity index (χ0v) is 14.6. The molecule has 0 bridgehead atoms. The van der Waals surface area contributed by atoms with E-state index in [0.29, 0.717) is 11.5 Å². The first-order valence-corrected chi connectivity index (χ1v) is 9.81. The third-order valence-electron chi connectivity index (χ3n) is 5.58. The first-order chi connectivity index (χ1) is 10.2. The van der Waals surface area contributed by atoms with Crippen LogP contribution in [0.25, 0.3) is 0 Å². The minimum Gasteiger partial charge on any atom is -0.365 e. The lowest BCUT2D eigenvalue weighted by molar-refractivity contribution is 0.232. The maximum absolute atomic E-state index is 4.88. The molecule has 1 atom stereocenters. The number of rotatable bonds is 3. The Morgan fingerprint density at radius 1 is 1.33 bits per heavy atom. The molecule has 0 aromatic rings. The number of hydrogen-bond acceptors (Lipinski definition) is 4. The third kappa shape index (κ3) is 3.95. The van der Waals surface area contributed by atoms with E-state index in [4.69, 9.17) is 4.99 Å². The number of thioether (sulfide) groups is 1. The van der Waals surface area contributed by atoms with E-state index in [1.807, 2.05) is 11.8 Å². The molecule has 3 aliphatic rings. The van der Waals surface area contributed by atoms with Crippen LogP contribution in [0.3, 0.4) is 0 Å². The Bertz CT molecular complexity index is 374. The van der Waals surface area contributed by atoms with Crippen LogP contribution in [0.1, 0.15) is 52.4 Å². The van der Waals surface area contributed by atoms with Crippen LogP contribution in [0.5, 0.6) is 0 Å². The van der Waals surface area contributed by atoms with Gasteiger partial charge < -0.3 is 10.2 Å². The molecular weight excluding hydrogens is 278 g/mol. The monoisotopic (exact) mass is 309 g/mol. The van der Waals surface area contributed by atoms with E-state index < -0.39 is 0 Å². The molecule has 0 amide bonds. The van der Waals surface area contributed by atoms with Crippen molar-refractivity contribution < 1.29 is 0 Å². The van der Waals surface area contributed by atoms with Crippen molar-refractivity contribution in [1.29, 1.82) is 0 Å². The SMILES string of the molecule is CC(C)N1CCC(CNC2=NCC3(CCCCC3)CS2)C1. The Morgan fingerprint density at radius 3 is 2.76 bits per heavy atom. The lowest BCUT2D eigenvalue weighted by Crippen LogP contribution is -2.38. The smallest absolute Gasteiger partial charge is 0.156 e. The summed E-state index contributed by atoms with van der Waals surface area (Å²) >= 11 is 1.98. The maximum atomic E-state index is 4.88. The number of aliphatic imine (C=N–C) groups is 1. The second-order valence-corrected chi connectivity index (χ2v) is 8.56. The van der Waals surface area contributed by atoms with E-state index in [1.165, 1.54) is 62.5 Å². The van der Waals surface area contributed by atoms with Crippen molar-refractivity contribution in [3.05, 3.63) is 0 Å².